The van der Waals surface area contributed by atoms with Crippen molar-refractivity contribution < 1.29 is 28.5 Å². The smallest absolute Gasteiger partial charge is 0.329 e. The zero-order chi connectivity index (χ0) is 16.3. The summed E-state index contributed by atoms with van der Waals surface area (Å²) >= 11 is 6.89. The van der Waals surface area contributed by atoms with Crippen molar-refractivity contribution in [2.45, 2.75) is 40.3 Å². The largest absolute Gasteiger partial charge is 0.468 e. The Kier molecular flexibility index (Phi) is 4.01. The Labute approximate surface area is 140 Å². The molecule has 0 amide bonds. The van der Waals surface area contributed by atoms with Gasteiger partial charge >= 0.3 is 11.9 Å². The van der Waals surface area contributed by atoms with Gasteiger partial charge in [0.1, 0.15) is 5.60 Å². The Balaban J connectivity index is 2.71. The lowest BCUT2D eigenvalue weighted by molar-refractivity contribution is -0.233. The van der Waals surface area contributed by atoms with Gasteiger partial charge in [0.05, 0.1) is 7.11 Å². The first-order chi connectivity index (χ1) is 9.57. The fourth-order valence-electron chi connectivity index (χ4n) is 3.54. The molecule has 2 aliphatic rings. The summed E-state index contributed by atoms with van der Waals surface area (Å²) in [6.07, 6.45) is 0.255. The Morgan fingerprint density at radius 1 is 1.24 bits per heavy atom. The molecule has 1 saturated carbocycles. The first kappa shape index (κ1) is 17.2. The van der Waals surface area contributed by atoms with Crippen LogP contribution in [0.25, 0.3) is 0 Å². The molecule has 0 aromatic heterocycles. The van der Waals surface area contributed by atoms with Crippen LogP contribution in [0.3, 0.4) is 0 Å². The molecule has 21 heavy (non-hydrogen) atoms. The molecule has 0 N–H and O–H groups in total. The van der Waals surface area contributed by atoms with E-state index in [-0.39, 0.29) is 12.3 Å². The van der Waals surface area contributed by atoms with E-state index in [1.54, 1.807) is 13.8 Å². The third-order valence-electron chi connectivity index (χ3n) is 4.54. The maximum absolute atomic E-state index is 12.5. The van der Waals surface area contributed by atoms with Crippen molar-refractivity contribution in [1.29, 1.82) is 0 Å². The van der Waals surface area contributed by atoms with Gasteiger partial charge in [0, 0.05) is 20.1 Å². The molecular weight excluding hydrogens is 412 g/mol. The lowest BCUT2D eigenvalue weighted by atomic mass is 9.84. The molecule has 120 valence electrons. The number of carbonyl (C=O) groups excluding carboxylic acids is 2. The molecule has 0 bridgehead atoms. The Bertz CT molecular complexity index is 489. The predicted molar refractivity (Wildman–Crippen MR) is 80.4 cm³/mol. The summed E-state index contributed by atoms with van der Waals surface area (Å²) in [5, 5.41) is 0. The molecule has 8 heteroatoms. The number of rotatable bonds is 3. The number of methoxy groups -OCH3 is 3. The molecule has 0 aromatic rings. The highest BCUT2D eigenvalue weighted by Crippen LogP contribution is 2.67. The van der Waals surface area contributed by atoms with E-state index < -0.39 is 32.0 Å². The van der Waals surface area contributed by atoms with Gasteiger partial charge in [-0.1, -0.05) is 31.9 Å². The van der Waals surface area contributed by atoms with Gasteiger partial charge < -0.3 is 18.9 Å². The minimum absolute atomic E-state index is 0.255. The van der Waals surface area contributed by atoms with Crippen molar-refractivity contribution in [2.24, 2.45) is 5.92 Å². The van der Waals surface area contributed by atoms with E-state index in [9.17, 15) is 9.59 Å². The maximum Gasteiger partial charge on any atom is 0.329 e. The lowest BCUT2D eigenvalue weighted by Crippen LogP contribution is -2.65. The number of carbonyl (C=O) groups is 2. The molecule has 1 aliphatic heterocycles. The lowest BCUT2D eigenvalue weighted by Gasteiger charge is -2.43. The van der Waals surface area contributed by atoms with Crippen LogP contribution >= 0.6 is 31.9 Å². The first-order valence-corrected chi connectivity index (χ1v) is 7.96. The summed E-state index contributed by atoms with van der Waals surface area (Å²) in [6, 6.07) is 0. The van der Waals surface area contributed by atoms with Crippen molar-refractivity contribution in [3.05, 3.63) is 0 Å². The van der Waals surface area contributed by atoms with Gasteiger partial charge in [0.15, 0.2) is 8.65 Å². The van der Waals surface area contributed by atoms with E-state index in [1.165, 1.54) is 21.3 Å². The molecule has 1 aliphatic carbocycles. The molecule has 1 saturated heterocycles. The zero-order valence-electron chi connectivity index (χ0n) is 12.5. The molecule has 0 spiro atoms. The van der Waals surface area contributed by atoms with E-state index in [0.29, 0.717) is 0 Å². The molecule has 0 aromatic carbocycles. The number of halogens is 2. The number of ether oxygens (including phenoxy) is 4. The summed E-state index contributed by atoms with van der Waals surface area (Å²) in [5.74, 6) is -3.03. The fourth-order valence-corrected chi connectivity index (χ4v) is 6.39. The number of hydrogen-bond acceptors (Lipinski definition) is 6. The quantitative estimate of drug-likeness (QED) is 0.387. The summed E-state index contributed by atoms with van der Waals surface area (Å²) < 4.78 is 18.8. The van der Waals surface area contributed by atoms with Crippen LogP contribution in [0.4, 0.5) is 0 Å². The van der Waals surface area contributed by atoms with Crippen molar-refractivity contribution in [3.8, 4) is 0 Å². The van der Waals surface area contributed by atoms with E-state index in [2.05, 4.69) is 31.9 Å². The van der Waals surface area contributed by atoms with Gasteiger partial charge in [0.25, 0.3) is 0 Å². The van der Waals surface area contributed by atoms with E-state index in [4.69, 9.17) is 18.9 Å². The van der Waals surface area contributed by atoms with Gasteiger partial charge in [-0.2, -0.15) is 0 Å². The molecule has 1 heterocycles. The summed E-state index contributed by atoms with van der Waals surface area (Å²) in [6.45, 7) is 3.59. The Morgan fingerprint density at radius 3 is 2.19 bits per heavy atom. The minimum atomic E-state index is -1.59. The van der Waals surface area contributed by atoms with Crippen molar-refractivity contribution in [1.82, 2.24) is 0 Å². The molecular formula is C13H18Br2O6. The van der Waals surface area contributed by atoms with Crippen LogP contribution in [0.5, 0.6) is 0 Å². The van der Waals surface area contributed by atoms with E-state index in [0.717, 1.165) is 0 Å². The molecule has 6 nitrogen and oxygen atoms in total. The van der Waals surface area contributed by atoms with Crippen LogP contribution in [0.2, 0.25) is 0 Å². The van der Waals surface area contributed by atoms with E-state index >= 15 is 0 Å². The van der Waals surface area contributed by atoms with Crippen LogP contribution in [0.15, 0.2) is 0 Å². The average Bonchev–Trinajstić information content (AvgIpc) is 2.74. The summed E-state index contributed by atoms with van der Waals surface area (Å²) in [5.41, 5.74) is -0.771. The van der Waals surface area contributed by atoms with Gasteiger partial charge in [-0.3, -0.25) is 9.59 Å². The number of alkyl halides is 2. The summed E-state index contributed by atoms with van der Waals surface area (Å²) in [4.78, 5) is 24.9. The maximum atomic E-state index is 12.5. The second kappa shape index (κ2) is 4.91. The van der Waals surface area contributed by atoms with Crippen molar-refractivity contribution in [3.63, 3.8) is 0 Å². The molecule has 3 atom stereocenters. The topological polar surface area (TPSA) is 71.1 Å². The Morgan fingerprint density at radius 2 is 1.76 bits per heavy atom. The highest BCUT2D eigenvalue weighted by atomic mass is 79.9. The van der Waals surface area contributed by atoms with Crippen LogP contribution in [-0.4, -0.2) is 53.3 Å². The molecule has 1 unspecified atom stereocenters. The zero-order valence-corrected chi connectivity index (χ0v) is 15.7. The highest BCUT2D eigenvalue weighted by molar-refractivity contribution is 9.11. The van der Waals surface area contributed by atoms with Crippen LogP contribution in [0.1, 0.15) is 20.3 Å². The second-order valence-corrected chi connectivity index (χ2v) is 8.38. The third kappa shape index (κ3) is 1.76. The van der Waals surface area contributed by atoms with Gasteiger partial charge in [0.2, 0.25) is 5.79 Å². The van der Waals surface area contributed by atoms with Crippen LogP contribution in [0, 0.1) is 5.92 Å². The van der Waals surface area contributed by atoms with Crippen LogP contribution < -0.4 is 0 Å². The Hall–Kier alpha value is -0.180. The standard InChI is InChI=1S/C13H18Br2O6/c1-10(2)7-6-11(14,8(16)18-3)13(19-4,20-5)12(7,15)9(17)21-10/h7H,6H2,1-5H3/t7?,11-,12+/m1/s1. The van der Waals surface area contributed by atoms with Crippen molar-refractivity contribution >= 4 is 43.8 Å². The SMILES string of the molecule is COC(=O)[C@]1(Br)CC2C(C)(C)OC(=O)[C@]2(Br)C1(OC)OC. The number of hydrogen-bond donors (Lipinski definition) is 0. The average molecular weight is 430 g/mol. The molecule has 2 rings (SSSR count). The monoisotopic (exact) mass is 428 g/mol. The van der Waals surface area contributed by atoms with Crippen LogP contribution in [-0.2, 0) is 28.5 Å². The number of fused-ring (bicyclic) bond motifs is 1. The molecule has 2 fully saturated rings. The van der Waals surface area contributed by atoms with Gasteiger partial charge in [-0.15, -0.1) is 0 Å². The normalized spacial score (nSPS) is 39.8. The first-order valence-electron chi connectivity index (χ1n) is 6.37. The summed E-state index contributed by atoms with van der Waals surface area (Å²) in [7, 11) is 4.04. The predicted octanol–water partition coefficient (Wildman–Crippen LogP) is 1.77. The fraction of sp³-hybridized carbons (Fsp3) is 0.846. The van der Waals surface area contributed by atoms with E-state index in [1.807, 2.05) is 0 Å². The molecule has 0 radical (unpaired) electrons. The second-order valence-electron chi connectivity index (χ2n) is 5.78. The van der Waals surface area contributed by atoms with Crippen molar-refractivity contribution in [2.75, 3.05) is 21.3 Å². The highest BCUT2D eigenvalue weighted by Gasteiger charge is 2.84. The number of cyclic esters (lactones) is 1. The van der Waals surface area contributed by atoms with Gasteiger partial charge in [-0.05, 0) is 20.3 Å². The minimum Gasteiger partial charge on any atom is -0.468 e. The van der Waals surface area contributed by atoms with Gasteiger partial charge in [-0.25, -0.2) is 0 Å². The number of esters is 2. The third-order valence-corrected chi connectivity index (χ3v) is 7.11.